The smallest absolute Gasteiger partial charge is 0.126 e. The molecule has 2 unspecified atom stereocenters. The van der Waals surface area contributed by atoms with Crippen molar-refractivity contribution in [2.45, 2.75) is 32.5 Å². The van der Waals surface area contributed by atoms with E-state index in [9.17, 15) is 9.50 Å². The van der Waals surface area contributed by atoms with E-state index in [0.29, 0.717) is 12.2 Å². The second-order valence-electron chi connectivity index (χ2n) is 5.16. The van der Waals surface area contributed by atoms with Gasteiger partial charge in [0, 0.05) is 13.1 Å². The Kier molecular flexibility index (Phi) is 4.91. The van der Waals surface area contributed by atoms with E-state index in [-0.39, 0.29) is 11.9 Å². The average molecular weight is 267 g/mol. The van der Waals surface area contributed by atoms with Gasteiger partial charge >= 0.3 is 0 Å². The summed E-state index contributed by atoms with van der Waals surface area (Å²) < 4.78 is 18.9. The van der Waals surface area contributed by atoms with Crippen LogP contribution < -0.4 is 0 Å². The molecule has 19 heavy (non-hydrogen) atoms. The van der Waals surface area contributed by atoms with E-state index in [0.717, 1.165) is 31.6 Å². The standard InChI is InChI=1S/C15H22FNO2/c1-3-6-17-7-8-19-14(10-17)15(18)12-4-5-13(16)11(2)9-12/h4-5,9,14-15,18H,3,6-8,10H2,1-2H3. The summed E-state index contributed by atoms with van der Waals surface area (Å²) in [5.41, 5.74) is 1.28. The van der Waals surface area contributed by atoms with Crippen LogP contribution in [0.15, 0.2) is 18.2 Å². The van der Waals surface area contributed by atoms with Gasteiger partial charge in [-0.25, -0.2) is 4.39 Å². The molecule has 2 atom stereocenters. The normalized spacial score (nSPS) is 22.4. The van der Waals surface area contributed by atoms with Gasteiger partial charge in [-0.3, -0.25) is 4.90 Å². The summed E-state index contributed by atoms with van der Waals surface area (Å²) in [4.78, 5) is 2.30. The Morgan fingerprint density at radius 3 is 3.00 bits per heavy atom. The Hall–Kier alpha value is -0.970. The lowest BCUT2D eigenvalue weighted by molar-refractivity contribution is -0.0898. The fourth-order valence-electron chi connectivity index (χ4n) is 2.51. The third kappa shape index (κ3) is 3.53. The molecule has 1 N–H and O–H groups in total. The number of nitrogens with zero attached hydrogens (tertiary/aromatic N) is 1. The number of hydrogen-bond acceptors (Lipinski definition) is 3. The molecule has 0 radical (unpaired) electrons. The van der Waals surface area contributed by atoms with Gasteiger partial charge in [-0.2, -0.15) is 0 Å². The topological polar surface area (TPSA) is 32.7 Å². The number of hydrogen-bond donors (Lipinski definition) is 1. The Labute approximate surface area is 114 Å². The van der Waals surface area contributed by atoms with Crippen molar-refractivity contribution in [1.82, 2.24) is 4.90 Å². The van der Waals surface area contributed by atoms with Crippen LogP contribution in [0.5, 0.6) is 0 Å². The van der Waals surface area contributed by atoms with E-state index in [1.54, 1.807) is 19.1 Å². The zero-order chi connectivity index (χ0) is 13.8. The van der Waals surface area contributed by atoms with E-state index in [1.807, 2.05) is 0 Å². The van der Waals surface area contributed by atoms with Crippen molar-refractivity contribution >= 4 is 0 Å². The lowest BCUT2D eigenvalue weighted by Gasteiger charge is -2.35. The number of ether oxygens (including phenoxy) is 1. The Bertz CT molecular complexity index is 423. The number of aryl methyl sites for hydroxylation is 1. The van der Waals surface area contributed by atoms with Gasteiger partial charge in [0.25, 0.3) is 0 Å². The van der Waals surface area contributed by atoms with Crippen molar-refractivity contribution in [2.75, 3.05) is 26.2 Å². The monoisotopic (exact) mass is 267 g/mol. The van der Waals surface area contributed by atoms with Crippen molar-refractivity contribution in [2.24, 2.45) is 0 Å². The van der Waals surface area contributed by atoms with Gasteiger partial charge in [0.2, 0.25) is 0 Å². The molecule has 106 valence electrons. The van der Waals surface area contributed by atoms with Crippen molar-refractivity contribution in [3.63, 3.8) is 0 Å². The highest BCUT2D eigenvalue weighted by molar-refractivity contribution is 5.26. The maximum absolute atomic E-state index is 13.2. The van der Waals surface area contributed by atoms with E-state index in [2.05, 4.69) is 11.8 Å². The Morgan fingerprint density at radius 1 is 1.53 bits per heavy atom. The van der Waals surface area contributed by atoms with Crippen LogP contribution in [0.3, 0.4) is 0 Å². The molecule has 1 aliphatic rings. The van der Waals surface area contributed by atoms with Gasteiger partial charge in [0.1, 0.15) is 18.0 Å². The lowest BCUT2D eigenvalue weighted by atomic mass is 10.0. The summed E-state index contributed by atoms with van der Waals surface area (Å²) in [5, 5.41) is 10.4. The Morgan fingerprint density at radius 2 is 2.32 bits per heavy atom. The zero-order valence-electron chi connectivity index (χ0n) is 11.6. The highest BCUT2D eigenvalue weighted by Crippen LogP contribution is 2.24. The fraction of sp³-hybridized carbons (Fsp3) is 0.600. The summed E-state index contributed by atoms with van der Waals surface area (Å²) in [6.07, 6.45) is 0.169. The number of halogens is 1. The SMILES string of the molecule is CCCN1CCOC(C(O)c2ccc(F)c(C)c2)C1. The molecular formula is C15H22FNO2. The molecule has 0 spiro atoms. The molecule has 1 aliphatic heterocycles. The van der Waals surface area contributed by atoms with Crippen LogP contribution in [0.2, 0.25) is 0 Å². The van der Waals surface area contributed by atoms with Crippen molar-refractivity contribution < 1.29 is 14.2 Å². The van der Waals surface area contributed by atoms with Gasteiger partial charge in [0.05, 0.1) is 6.61 Å². The predicted molar refractivity (Wildman–Crippen MR) is 72.6 cm³/mol. The molecule has 2 rings (SSSR count). The summed E-state index contributed by atoms with van der Waals surface area (Å²) in [5.74, 6) is -0.242. The van der Waals surface area contributed by atoms with Crippen LogP contribution in [-0.4, -0.2) is 42.4 Å². The first-order valence-electron chi connectivity index (χ1n) is 6.90. The first kappa shape index (κ1) is 14.4. The highest BCUT2D eigenvalue weighted by atomic mass is 19.1. The summed E-state index contributed by atoms with van der Waals surface area (Å²) in [6.45, 7) is 7.16. The predicted octanol–water partition coefficient (Wildman–Crippen LogP) is 2.28. The van der Waals surface area contributed by atoms with Crippen molar-refractivity contribution in [3.8, 4) is 0 Å². The number of aliphatic hydroxyl groups excluding tert-OH is 1. The van der Waals surface area contributed by atoms with E-state index in [4.69, 9.17) is 4.74 Å². The van der Waals surface area contributed by atoms with Crippen LogP contribution >= 0.6 is 0 Å². The summed E-state index contributed by atoms with van der Waals surface area (Å²) in [6, 6.07) is 4.73. The molecule has 1 saturated heterocycles. The number of aliphatic hydroxyl groups is 1. The van der Waals surface area contributed by atoms with Crippen LogP contribution in [0, 0.1) is 12.7 Å². The molecule has 1 aromatic carbocycles. The molecule has 0 aliphatic carbocycles. The minimum absolute atomic E-state index is 0.231. The molecule has 0 saturated carbocycles. The molecular weight excluding hydrogens is 245 g/mol. The molecule has 1 fully saturated rings. The van der Waals surface area contributed by atoms with E-state index < -0.39 is 6.10 Å². The molecule has 1 aromatic rings. The van der Waals surface area contributed by atoms with Gasteiger partial charge < -0.3 is 9.84 Å². The molecule has 0 amide bonds. The van der Waals surface area contributed by atoms with Gasteiger partial charge in [-0.1, -0.05) is 19.1 Å². The fourth-order valence-corrected chi connectivity index (χ4v) is 2.51. The van der Waals surface area contributed by atoms with Crippen molar-refractivity contribution in [1.29, 1.82) is 0 Å². The van der Waals surface area contributed by atoms with E-state index >= 15 is 0 Å². The Balaban J connectivity index is 2.05. The van der Waals surface area contributed by atoms with Gasteiger partial charge in [0.15, 0.2) is 0 Å². The summed E-state index contributed by atoms with van der Waals surface area (Å²) in [7, 11) is 0. The molecule has 0 aromatic heterocycles. The van der Waals surface area contributed by atoms with Crippen molar-refractivity contribution in [3.05, 3.63) is 35.1 Å². The summed E-state index contributed by atoms with van der Waals surface area (Å²) >= 11 is 0. The molecule has 3 nitrogen and oxygen atoms in total. The first-order valence-corrected chi connectivity index (χ1v) is 6.90. The van der Waals surface area contributed by atoms with Crippen LogP contribution in [0.1, 0.15) is 30.6 Å². The highest BCUT2D eigenvalue weighted by Gasteiger charge is 2.27. The number of benzene rings is 1. The maximum atomic E-state index is 13.2. The van der Waals surface area contributed by atoms with Crippen LogP contribution in [0.4, 0.5) is 4.39 Å². The number of rotatable bonds is 4. The molecule has 0 bridgehead atoms. The second-order valence-corrected chi connectivity index (χ2v) is 5.16. The second kappa shape index (κ2) is 6.46. The van der Waals surface area contributed by atoms with Gasteiger partial charge in [-0.05, 0) is 37.1 Å². The minimum Gasteiger partial charge on any atom is -0.386 e. The maximum Gasteiger partial charge on any atom is 0.126 e. The zero-order valence-corrected chi connectivity index (χ0v) is 11.6. The van der Waals surface area contributed by atoms with E-state index in [1.165, 1.54) is 6.07 Å². The first-order chi connectivity index (χ1) is 9.11. The molecule has 1 heterocycles. The third-order valence-electron chi connectivity index (χ3n) is 3.59. The quantitative estimate of drug-likeness (QED) is 0.908. The molecule has 4 heteroatoms. The number of morpholine rings is 1. The largest absolute Gasteiger partial charge is 0.386 e. The minimum atomic E-state index is -0.695. The third-order valence-corrected chi connectivity index (χ3v) is 3.59. The average Bonchev–Trinajstić information content (AvgIpc) is 2.42. The van der Waals surface area contributed by atoms with Gasteiger partial charge in [-0.15, -0.1) is 0 Å². The van der Waals surface area contributed by atoms with Crippen LogP contribution in [0.25, 0.3) is 0 Å². The lowest BCUT2D eigenvalue weighted by Crippen LogP contribution is -2.45. The van der Waals surface area contributed by atoms with Crippen LogP contribution in [-0.2, 0) is 4.74 Å².